The van der Waals surface area contributed by atoms with Crippen molar-refractivity contribution in [3.63, 3.8) is 0 Å². The molecule has 1 N–H and O–H groups in total. The molecule has 0 fully saturated rings. The molecule has 0 aliphatic rings. The van der Waals surface area contributed by atoms with E-state index in [4.69, 9.17) is 0 Å². The maximum Gasteiger partial charge on any atom is 0.255 e. The van der Waals surface area contributed by atoms with Crippen LogP contribution in [-0.2, 0) is 0 Å². The van der Waals surface area contributed by atoms with Crippen LogP contribution in [0, 0.1) is 0 Å². The first-order valence-corrected chi connectivity index (χ1v) is 6.72. The molecule has 0 saturated carbocycles. The van der Waals surface area contributed by atoms with Gasteiger partial charge in [-0.05, 0) is 42.2 Å². The van der Waals surface area contributed by atoms with Gasteiger partial charge >= 0.3 is 0 Å². The molecule has 3 nitrogen and oxygen atoms in total. The van der Waals surface area contributed by atoms with Gasteiger partial charge < -0.3 is 5.32 Å². The summed E-state index contributed by atoms with van der Waals surface area (Å²) in [5.74, 6) is 0.914. The van der Waals surface area contributed by atoms with Crippen molar-refractivity contribution in [3.05, 3.63) is 54.4 Å². The van der Waals surface area contributed by atoms with E-state index in [0.717, 1.165) is 5.75 Å². The van der Waals surface area contributed by atoms with Gasteiger partial charge in [0.05, 0.1) is 11.9 Å². The molecule has 0 bridgehead atoms. The van der Waals surface area contributed by atoms with Crippen LogP contribution >= 0.6 is 11.8 Å². The molecule has 0 atom stereocenters. The van der Waals surface area contributed by atoms with Crippen LogP contribution in [0.3, 0.4) is 0 Å². The smallest absolute Gasteiger partial charge is 0.255 e. The van der Waals surface area contributed by atoms with E-state index in [-0.39, 0.29) is 5.91 Å². The van der Waals surface area contributed by atoms with Gasteiger partial charge in [0.2, 0.25) is 0 Å². The maximum atomic E-state index is 11.9. The molecule has 0 aliphatic carbocycles. The van der Waals surface area contributed by atoms with E-state index in [1.165, 1.54) is 4.90 Å². The number of pyridine rings is 1. The van der Waals surface area contributed by atoms with Crippen molar-refractivity contribution in [1.82, 2.24) is 4.98 Å². The zero-order chi connectivity index (χ0) is 12.8. The summed E-state index contributed by atoms with van der Waals surface area (Å²) in [7, 11) is 0. The standard InChI is InChI=1S/C14H14N2OS/c1-2-18-13-7-5-11(6-8-13)14(17)16-12-4-3-9-15-10-12/h3-10H,2H2,1H3,(H,16,17). The predicted octanol–water partition coefficient (Wildman–Crippen LogP) is 3.45. The van der Waals surface area contributed by atoms with Crippen LogP contribution in [0.4, 0.5) is 5.69 Å². The molecule has 0 spiro atoms. The maximum absolute atomic E-state index is 11.9. The van der Waals surface area contributed by atoms with Crippen molar-refractivity contribution in [2.45, 2.75) is 11.8 Å². The second kappa shape index (κ2) is 6.21. The molecule has 2 rings (SSSR count). The molecule has 0 radical (unpaired) electrons. The van der Waals surface area contributed by atoms with Crippen molar-refractivity contribution in [2.75, 3.05) is 11.1 Å². The summed E-state index contributed by atoms with van der Waals surface area (Å²) >= 11 is 1.76. The van der Waals surface area contributed by atoms with Crippen molar-refractivity contribution in [1.29, 1.82) is 0 Å². The number of rotatable bonds is 4. The minimum Gasteiger partial charge on any atom is -0.321 e. The summed E-state index contributed by atoms with van der Waals surface area (Å²) in [5.41, 5.74) is 1.36. The number of carbonyl (C=O) groups is 1. The average Bonchev–Trinajstić information content (AvgIpc) is 2.41. The monoisotopic (exact) mass is 258 g/mol. The Morgan fingerprint density at radius 1 is 1.28 bits per heavy atom. The summed E-state index contributed by atoms with van der Waals surface area (Å²) in [5, 5.41) is 2.80. The van der Waals surface area contributed by atoms with Gasteiger partial charge in [0.25, 0.3) is 5.91 Å². The molecular weight excluding hydrogens is 244 g/mol. The van der Waals surface area contributed by atoms with Crippen LogP contribution in [0.5, 0.6) is 0 Å². The van der Waals surface area contributed by atoms with Crippen LogP contribution in [-0.4, -0.2) is 16.6 Å². The largest absolute Gasteiger partial charge is 0.321 e. The van der Waals surface area contributed by atoms with E-state index in [1.807, 2.05) is 30.3 Å². The molecule has 0 saturated heterocycles. The van der Waals surface area contributed by atoms with Gasteiger partial charge in [-0.3, -0.25) is 9.78 Å². The Kier molecular flexibility index (Phi) is 4.36. The number of nitrogens with zero attached hydrogens (tertiary/aromatic N) is 1. The molecule has 4 heteroatoms. The quantitative estimate of drug-likeness (QED) is 0.854. The third-order valence-corrected chi connectivity index (χ3v) is 3.24. The molecular formula is C14H14N2OS. The van der Waals surface area contributed by atoms with E-state index in [0.29, 0.717) is 11.3 Å². The molecule has 2 aromatic rings. The lowest BCUT2D eigenvalue weighted by Crippen LogP contribution is -2.11. The number of thioether (sulfide) groups is 1. The fraction of sp³-hybridized carbons (Fsp3) is 0.143. The molecule has 1 aromatic carbocycles. The highest BCUT2D eigenvalue weighted by Crippen LogP contribution is 2.18. The zero-order valence-electron chi connectivity index (χ0n) is 10.1. The lowest BCUT2D eigenvalue weighted by molar-refractivity contribution is 0.102. The minimum absolute atomic E-state index is 0.115. The van der Waals surface area contributed by atoms with Crippen LogP contribution in [0.15, 0.2) is 53.7 Å². The van der Waals surface area contributed by atoms with Gasteiger partial charge in [-0.25, -0.2) is 0 Å². The summed E-state index contributed by atoms with van der Waals surface area (Å²) < 4.78 is 0. The minimum atomic E-state index is -0.115. The van der Waals surface area contributed by atoms with Gasteiger partial charge in [0.15, 0.2) is 0 Å². The van der Waals surface area contributed by atoms with Gasteiger partial charge in [0, 0.05) is 16.7 Å². The van der Waals surface area contributed by atoms with E-state index in [9.17, 15) is 4.79 Å². The van der Waals surface area contributed by atoms with Crippen molar-refractivity contribution in [3.8, 4) is 0 Å². The highest BCUT2D eigenvalue weighted by molar-refractivity contribution is 7.99. The summed E-state index contributed by atoms with van der Waals surface area (Å²) in [6.45, 7) is 2.10. The first kappa shape index (κ1) is 12.6. The van der Waals surface area contributed by atoms with E-state index >= 15 is 0 Å². The van der Waals surface area contributed by atoms with Crippen LogP contribution in [0.25, 0.3) is 0 Å². The summed E-state index contributed by atoms with van der Waals surface area (Å²) in [6.07, 6.45) is 3.30. The Balaban J connectivity index is 2.05. The third-order valence-electron chi connectivity index (χ3n) is 2.35. The fourth-order valence-electron chi connectivity index (χ4n) is 1.51. The molecule has 0 unspecified atom stereocenters. The summed E-state index contributed by atoms with van der Waals surface area (Å²) in [4.78, 5) is 17.1. The lowest BCUT2D eigenvalue weighted by Gasteiger charge is -2.05. The second-order valence-electron chi connectivity index (χ2n) is 3.65. The zero-order valence-corrected chi connectivity index (χ0v) is 10.9. The van der Waals surface area contributed by atoms with E-state index in [1.54, 1.807) is 30.2 Å². The number of nitrogens with one attached hydrogen (secondary N) is 1. The molecule has 1 heterocycles. The Hall–Kier alpha value is -1.81. The van der Waals surface area contributed by atoms with E-state index in [2.05, 4.69) is 17.2 Å². The Labute approximate surface area is 111 Å². The first-order valence-electron chi connectivity index (χ1n) is 5.74. The van der Waals surface area contributed by atoms with Crippen molar-refractivity contribution >= 4 is 23.4 Å². The first-order chi connectivity index (χ1) is 8.79. The second-order valence-corrected chi connectivity index (χ2v) is 4.99. The molecule has 1 aromatic heterocycles. The highest BCUT2D eigenvalue weighted by atomic mass is 32.2. The number of anilines is 1. The molecule has 18 heavy (non-hydrogen) atoms. The lowest BCUT2D eigenvalue weighted by atomic mass is 10.2. The van der Waals surface area contributed by atoms with Gasteiger partial charge in [-0.15, -0.1) is 11.8 Å². The number of hydrogen-bond donors (Lipinski definition) is 1. The number of hydrogen-bond acceptors (Lipinski definition) is 3. The van der Waals surface area contributed by atoms with Gasteiger partial charge in [0.1, 0.15) is 0 Å². The SMILES string of the molecule is CCSc1ccc(C(=O)Nc2cccnc2)cc1. The molecule has 0 aliphatic heterocycles. The highest BCUT2D eigenvalue weighted by Gasteiger charge is 2.05. The third kappa shape index (κ3) is 3.34. The normalized spacial score (nSPS) is 10.1. The van der Waals surface area contributed by atoms with Gasteiger partial charge in [-0.2, -0.15) is 0 Å². The Morgan fingerprint density at radius 3 is 2.67 bits per heavy atom. The number of amides is 1. The van der Waals surface area contributed by atoms with Crippen LogP contribution in [0.2, 0.25) is 0 Å². The average molecular weight is 258 g/mol. The topological polar surface area (TPSA) is 42.0 Å². The Bertz CT molecular complexity index is 511. The number of aromatic nitrogens is 1. The number of benzene rings is 1. The van der Waals surface area contributed by atoms with Crippen LogP contribution in [0.1, 0.15) is 17.3 Å². The Morgan fingerprint density at radius 2 is 2.06 bits per heavy atom. The molecule has 92 valence electrons. The van der Waals surface area contributed by atoms with Crippen LogP contribution < -0.4 is 5.32 Å². The number of carbonyl (C=O) groups excluding carboxylic acids is 1. The van der Waals surface area contributed by atoms with Gasteiger partial charge in [-0.1, -0.05) is 6.92 Å². The van der Waals surface area contributed by atoms with Crippen molar-refractivity contribution < 1.29 is 4.79 Å². The predicted molar refractivity (Wildman–Crippen MR) is 75.0 cm³/mol. The molecule has 1 amide bonds. The van der Waals surface area contributed by atoms with E-state index < -0.39 is 0 Å². The summed E-state index contributed by atoms with van der Waals surface area (Å²) in [6, 6.07) is 11.2. The fourth-order valence-corrected chi connectivity index (χ4v) is 2.17. The van der Waals surface area contributed by atoms with Crippen molar-refractivity contribution in [2.24, 2.45) is 0 Å².